The van der Waals surface area contributed by atoms with Crippen molar-refractivity contribution in [2.75, 3.05) is 0 Å². The van der Waals surface area contributed by atoms with E-state index in [1.807, 2.05) is 42.5 Å². The van der Waals surface area contributed by atoms with Crippen LogP contribution in [-0.4, -0.2) is 11.9 Å². The Balaban J connectivity index is 0.00000264. The summed E-state index contributed by atoms with van der Waals surface area (Å²) in [6, 6.07) is 18.5. The Bertz CT molecular complexity index is 717. The molecule has 5 nitrogen and oxygen atoms in total. The van der Waals surface area contributed by atoms with E-state index in [0.717, 1.165) is 11.1 Å². The summed E-state index contributed by atoms with van der Waals surface area (Å²) in [5.74, 6) is -1.09. The predicted molar refractivity (Wildman–Crippen MR) is 92.1 cm³/mol. The smallest absolute Gasteiger partial charge is 0.256 e. The summed E-state index contributed by atoms with van der Waals surface area (Å²) >= 11 is 0. The number of nitriles is 1. The number of carbonyl (C=O) groups excluding carboxylic acids is 1. The zero-order valence-corrected chi connectivity index (χ0v) is 13.2. The van der Waals surface area contributed by atoms with Gasteiger partial charge >= 0.3 is 0 Å². The zero-order chi connectivity index (χ0) is 15.9. The van der Waals surface area contributed by atoms with E-state index in [1.54, 1.807) is 12.1 Å². The lowest BCUT2D eigenvalue weighted by molar-refractivity contribution is -0.119. The minimum Gasteiger partial charge on any atom is -0.370 e. The topological polar surface area (TPSA) is 105 Å². The number of nitrogens with two attached hydrogens (primary N) is 2. The van der Waals surface area contributed by atoms with Gasteiger partial charge in [0.15, 0.2) is 5.96 Å². The summed E-state index contributed by atoms with van der Waals surface area (Å²) in [5, 5.41) is 8.83. The molecule has 1 unspecified atom stereocenters. The lowest BCUT2D eigenvalue weighted by atomic mass is 9.91. The van der Waals surface area contributed by atoms with Crippen LogP contribution in [0.25, 0.3) is 0 Å². The lowest BCUT2D eigenvalue weighted by Crippen LogP contribution is -2.26. The van der Waals surface area contributed by atoms with Crippen LogP contribution in [0.2, 0.25) is 0 Å². The number of hydrogen-bond donors (Lipinski definition) is 2. The first-order valence-electron chi connectivity index (χ1n) is 6.77. The molecule has 2 aromatic carbocycles. The lowest BCUT2D eigenvalue weighted by Gasteiger charge is -2.14. The molecule has 118 valence electrons. The van der Waals surface area contributed by atoms with E-state index in [1.165, 1.54) is 0 Å². The predicted octanol–water partition coefficient (Wildman–Crippen LogP) is 2.11. The summed E-state index contributed by atoms with van der Waals surface area (Å²) < 4.78 is 0. The minimum atomic E-state index is -0.462. The maximum absolute atomic E-state index is 12.3. The molecule has 0 aliphatic heterocycles. The van der Waals surface area contributed by atoms with Crippen LogP contribution in [0.3, 0.4) is 0 Å². The standard InChI is InChI=1S/C17H16N4O.ClH/c18-11-13-8-6-12(7-9-13)10-15(16(22)21-17(19)20)14-4-2-1-3-5-14;/h1-9,15H,10H2,(H4,19,20,21,22);1H. The zero-order valence-electron chi connectivity index (χ0n) is 12.3. The molecule has 0 saturated heterocycles. The van der Waals surface area contributed by atoms with Crippen molar-refractivity contribution >= 4 is 24.3 Å². The average molecular weight is 329 g/mol. The third-order valence-corrected chi connectivity index (χ3v) is 3.26. The molecule has 0 fully saturated rings. The summed E-state index contributed by atoms with van der Waals surface area (Å²) in [4.78, 5) is 15.9. The summed E-state index contributed by atoms with van der Waals surface area (Å²) in [6.07, 6.45) is 0.464. The van der Waals surface area contributed by atoms with Crippen molar-refractivity contribution in [2.45, 2.75) is 12.3 Å². The second-order valence-corrected chi connectivity index (χ2v) is 4.85. The molecule has 4 N–H and O–H groups in total. The second kappa shape index (κ2) is 8.57. The Hall–Kier alpha value is -2.84. The molecular formula is C17H17ClN4O. The maximum atomic E-state index is 12.3. The summed E-state index contributed by atoms with van der Waals surface area (Å²) in [7, 11) is 0. The van der Waals surface area contributed by atoms with E-state index < -0.39 is 5.92 Å². The van der Waals surface area contributed by atoms with E-state index >= 15 is 0 Å². The Labute approximate surface area is 141 Å². The van der Waals surface area contributed by atoms with Gasteiger partial charge in [0.1, 0.15) is 0 Å². The average Bonchev–Trinajstić information content (AvgIpc) is 2.53. The van der Waals surface area contributed by atoms with Crippen molar-refractivity contribution in [2.24, 2.45) is 16.5 Å². The van der Waals surface area contributed by atoms with Crippen molar-refractivity contribution in [1.29, 1.82) is 5.26 Å². The second-order valence-electron chi connectivity index (χ2n) is 4.85. The van der Waals surface area contributed by atoms with Crippen LogP contribution >= 0.6 is 12.4 Å². The van der Waals surface area contributed by atoms with Gasteiger partial charge in [-0.25, -0.2) is 0 Å². The van der Waals surface area contributed by atoms with E-state index in [0.29, 0.717) is 12.0 Å². The molecule has 0 radical (unpaired) electrons. The first kappa shape index (κ1) is 18.2. The van der Waals surface area contributed by atoms with Crippen LogP contribution in [0.5, 0.6) is 0 Å². The molecule has 0 aliphatic carbocycles. The van der Waals surface area contributed by atoms with Crippen LogP contribution in [0.4, 0.5) is 0 Å². The van der Waals surface area contributed by atoms with Gasteiger partial charge < -0.3 is 11.5 Å². The van der Waals surface area contributed by atoms with Crippen molar-refractivity contribution in [3.05, 3.63) is 71.3 Å². The van der Waals surface area contributed by atoms with Gasteiger partial charge in [0.05, 0.1) is 17.6 Å². The quantitative estimate of drug-likeness (QED) is 0.662. The number of nitrogens with zero attached hydrogens (tertiary/aromatic N) is 2. The third-order valence-electron chi connectivity index (χ3n) is 3.26. The van der Waals surface area contributed by atoms with Gasteiger partial charge in [-0.3, -0.25) is 4.79 Å². The molecule has 0 saturated carbocycles. The fourth-order valence-corrected chi connectivity index (χ4v) is 2.19. The van der Waals surface area contributed by atoms with Crippen LogP contribution < -0.4 is 11.5 Å². The fourth-order valence-electron chi connectivity index (χ4n) is 2.19. The molecule has 1 atom stereocenters. The molecule has 0 heterocycles. The normalized spacial score (nSPS) is 10.7. The highest BCUT2D eigenvalue weighted by Crippen LogP contribution is 2.22. The number of guanidine groups is 1. The van der Waals surface area contributed by atoms with Gasteiger partial charge in [-0.1, -0.05) is 42.5 Å². The fraction of sp³-hybridized carbons (Fsp3) is 0.118. The highest BCUT2D eigenvalue weighted by atomic mass is 35.5. The van der Waals surface area contributed by atoms with E-state index in [2.05, 4.69) is 11.1 Å². The van der Waals surface area contributed by atoms with Gasteiger partial charge in [0.2, 0.25) is 0 Å². The SMILES string of the molecule is Cl.N#Cc1ccc(CC(C(=O)N=C(N)N)c2ccccc2)cc1. The molecule has 23 heavy (non-hydrogen) atoms. The van der Waals surface area contributed by atoms with Crippen LogP contribution in [-0.2, 0) is 11.2 Å². The highest BCUT2D eigenvalue weighted by molar-refractivity contribution is 5.95. The first-order chi connectivity index (χ1) is 10.6. The van der Waals surface area contributed by atoms with Crippen molar-refractivity contribution < 1.29 is 4.79 Å². The largest absolute Gasteiger partial charge is 0.370 e. The van der Waals surface area contributed by atoms with Crippen LogP contribution in [0.1, 0.15) is 22.6 Å². The van der Waals surface area contributed by atoms with Crippen molar-refractivity contribution in [1.82, 2.24) is 0 Å². The molecule has 6 heteroatoms. The molecule has 0 aromatic heterocycles. The van der Waals surface area contributed by atoms with Gasteiger partial charge in [-0.2, -0.15) is 10.3 Å². The number of benzene rings is 2. The monoisotopic (exact) mass is 328 g/mol. The number of aliphatic imine (C=N–C) groups is 1. The van der Waals surface area contributed by atoms with E-state index in [-0.39, 0.29) is 24.3 Å². The minimum absolute atomic E-state index is 0. The van der Waals surface area contributed by atoms with Crippen molar-refractivity contribution in [3.63, 3.8) is 0 Å². The molecule has 2 rings (SSSR count). The Kier molecular flexibility index (Phi) is 6.78. The molecule has 2 aromatic rings. The van der Waals surface area contributed by atoms with Crippen molar-refractivity contribution in [3.8, 4) is 6.07 Å². The van der Waals surface area contributed by atoms with Gasteiger partial charge in [-0.15, -0.1) is 12.4 Å². The highest BCUT2D eigenvalue weighted by Gasteiger charge is 2.20. The molecule has 0 spiro atoms. The number of rotatable bonds is 4. The molecule has 1 amide bonds. The van der Waals surface area contributed by atoms with Gasteiger partial charge in [0, 0.05) is 0 Å². The van der Waals surface area contributed by atoms with Crippen LogP contribution in [0.15, 0.2) is 59.6 Å². The third kappa shape index (κ3) is 5.13. The van der Waals surface area contributed by atoms with E-state index in [4.69, 9.17) is 16.7 Å². The first-order valence-corrected chi connectivity index (χ1v) is 6.77. The Morgan fingerprint density at radius 2 is 1.70 bits per heavy atom. The molecular weight excluding hydrogens is 312 g/mol. The summed E-state index contributed by atoms with van der Waals surface area (Å²) in [6.45, 7) is 0. The Morgan fingerprint density at radius 3 is 2.22 bits per heavy atom. The maximum Gasteiger partial charge on any atom is 0.256 e. The van der Waals surface area contributed by atoms with Crippen LogP contribution in [0, 0.1) is 11.3 Å². The molecule has 0 aliphatic rings. The Morgan fingerprint density at radius 1 is 1.09 bits per heavy atom. The van der Waals surface area contributed by atoms with E-state index in [9.17, 15) is 4.79 Å². The number of carbonyl (C=O) groups is 1. The summed E-state index contributed by atoms with van der Waals surface area (Å²) in [5.41, 5.74) is 13.0. The molecule has 0 bridgehead atoms. The number of halogens is 1. The van der Waals surface area contributed by atoms with Gasteiger partial charge in [-0.05, 0) is 29.7 Å². The van der Waals surface area contributed by atoms with Gasteiger partial charge in [0.25, 0.3) is 5.91 Å². The number of hydrogen-bond acceptors (Lipinski definition) is 2. The number of amides is 1.